The second-order valence-electron chi connectivity index (χ2n) is 3.18. The topological polar surface area (TPSA) is 27.1 Å². The van der Waals surface area contributed by atoms with Gasteiger partial charge in [-0.15, -0.1) is 9.94 Å². The molecule has 0 saturated carbocycles. The first kappa shape index (κ1) is 8.81. The average molecular weight is 188 g/mol. The third kappa shape index (κ3) is 2.13. The van der Waals surface area contributed by atoms with Gasteiger partial charge in [0.25, 0.3) is 0 Å². The van der Waals surface area contributed by atoms with Crippen LogP contribution in [0.15, 0.2) is 42.7 Å². The van der Waals surface area contributed by atoms with Gasteiger partial charge in [0.05, 0.1) is 12.4 Å². The van der Waals surface area contributed by atoms with Crippen LogP contribution in [0.2, 0.25) is 0 Å². The Hall–Kier alpha value is -1.77. The van der Waals surface area contributed by atoms with Crippen molar-refractivity contribution in [2.45, 2.75) is 13.5 Å². The molecule has 1 aromatic carbocycles. The van der Waals surface area contributed by atoms with E-state index in [-0.39, 0.29) is 0 Å². The molecule has 14 heavy (non-hydrogen) atoms. The predicted molar refractivity (Wildman–Crippen MR) is 53.7 cm³/mol. The van der Waals surface area contributed by atoms with Crippen LogP contribution in [-0.4, -0.2) is 9.94 Å². The molecule has 0 fully saturated rings. The van der Waals surface area contributed by atoms with Crippen LogP contribution < -0.4 is 4.84 Å². The maximum atomic E-state index is 5.42. The molecule has 3 nitrogen and oxygen atoms in total. The van der Waals surface area contributed by atoms with Crippen molar-refractivity contribution in [3.05, 3.63) is 53.9 Å². The Morgan fingerprint density at radius 2 is 2.07 bits per heavy atom. The first-order chi connectivity index (χ1) is 6.84. The van der Waals surface area contributed by atoms with Crippen molar-refractivity contribution >= 4 is 0 Å². The van der Waals surface area contributed by atoms with Crippen molar-refractivity contribution in [3.63, 3.8) is 0 Å². The molecule has 0 atom stereocenters. The van der Waals surface area contributed by atoms with Gasteiger partial charge in [-0.1, -0.05) is 30.3 Å². The summed E-state index contributed by atoms with van der Waals surface area (Å²) in [4.78, 5) is 6.91. The van der Waals surface area contributed by atoms with Gasteiger partial charge in [-0.25, -0.2) is 0 Å². The molecule has 0 radical (unpaired) electrons. The average Bonchev–Trinajstić information content (AvgIpc) is 2.63. The molecule has 72 valence electrons. The van der Waals surface area contributed by atoms with Gasteiger partial charge in [0.15, 0.2) is 0 Å². The first-order valence-electron chi connectivity index (χ1n) is 4.53. The van der Waals surface area contributed by atoms with Crippen molar-refractivity contribution in [1.82, 2.24) is 9.94 Å². The highest BCUT2D eigenvalue weighted by molar-refractivity contribution is 5.13. The van der Waals surface area contributed by atoms with Crippen LogP contribution in [0.3, 0.4) is 0 Å². The summed E-state index contributed by atoms with van der Waals surface area (Å²) >= 11 is 0. The van der Waals surface area contributed by atoms with Crippen LogP contribution in [0, 0.1) is 6.92 Å². The number of hydrogen-bond acceptors (Lipinski definition) is 2. The molecule has 2 rings (SSSR count). The van der Waals surface area contributed by atoms with Crippen molar-refractivity contribution in [2.24, 2.45) is 0 Å². The van der Waals surface area contributed by atoms with Gasteiger partial charge in [0.1, 0.15) is 6.61 Å². The largest absolute Gasteiger partial charge is 0.392 e. The van der Waals surface area contributed by atoms with E-state index in [0.717, 1.165) is 11.1 Å². The monoisotopic (exact) mass is 188 g/mol. The Balaban J connectivity index is 1.95. The number of hydrogen-bond donors (Lipinski definition) is 0. The minimum Gasteiger partial charge on any atom is -0.392 e. The number of aromatic nitrogens is 2. The highest BCUT2D eigenvalue weighted by atomic mass is 16.7. The van der Waals surface area contributed by atoms with Gasteiger partial charge in [-0.3, -0.25) is 0 Å². The van der Waals surface area contributed by atoms with Gasteiger partial charge >= 0.3 is 0 Å². The Morgan fingerprint density at radius 1 is 1.29 bits per heavy atom. The van der Waals surface area contributed by atoms with E-state index in [9.17, 15) is 0 Å². The molecule has 0 aliphatic heterocycles. The number of rotatable bonds is 3. The summed E-state index contributed by atoms with van der Waals surface area (Å²) in [7, 11) is 0. The molecule has 1 heterocycles. The lowest BCUT2D eigenvalue weighted by molar-refractivity contribution is 0.0699. The van der Waals surface area contributed by atoms with Crippen molar-refractivity contribution < 1.29 is 4.84 Å². The third-order valence-corrected chi connectivity index (χ3v) is 1.90. The first-order valence-corrected chi connectivity index (χ1v) is 4.53. The second-order valence-corrected chi connectivity index (χ2v) is 3.18. The maximum Gasteiger partial charge on any atom is 0.142 e. The van der Waals surface area contributed by atoms with E-state index in [0.29, 0.717) is 6.61 Å². The lowest BCUT2D eigenvalue weighted by Gasteiger charge is -2.03. The highest BCUT2D eigenvalue weighted by Gasteiger charge is 1.94. The van der Waals surface area contributed by atoms with Gasteiger partial charge in [0, 0.05) is 0 Å². The zero-order valence-electron chi connectivity index (χ0n) is 8.05. The summed E-state index contributed by atoms with van der Waals surface area (Å²) in [5.41, 5.74) is 2.23. The fraction of sp³-hybridized carbons (Fsp3) is 0.182. The lowest BCUT2D eigenvalue weighted by atomic mass is 10.2. The van der Waals surface area contributed by atoms with Gasteiger partial charge in [-0.05, 0) is 18.1 Å². The van der Waals surface area contributed by atoms with Crippen LogP contribution in [-0.2, 0) is 6.61 Å². The van der Waals surface area contributed by atoms with Crippen LogP contribution in [0.1, 0.15) is 11.1 Å². The summed E-state index contributed by atoms with van der Waals surface area (Å²) < 4.78 is 0. The minimum atomic E-state index is 0.544. The van der Waals surface area contributed by atoms with E-state index in [1.165, 1.54) is 4.85 Å². The third-order valence-electron chi connectivity index (χ3n) is 1.90. The van der Waals surface area contributed by atoms with E-state index >= 15 is 0 Å². The summed E-state index contributed by atoms with van der Waals surface area (Å²) in [5.74, 6) is 0. The molecule has 3 heteroatoms. The molecular formula is C11H12N2O. The fourth-order valence-electron chi connectivity index (χ4n) is 1.17. The summed E-state index contributed by atoms with van der Waals surface area (Å²) in [6.07, 6.45) is 3.62. The molecular weight excluding hydrogens is 176 g/mol. The molecule has 0 aliphatic carbocycles. The number of aryl methyl sites for hydroxylation is 1. The zero-order chi connectivity index (χ0) is 9.80. The van der Waals surface area contributed by atoms with Crippen molar-refractivity contribution in [2.75, 3.05) is 0 Å². The van der Waals surface area contributed by atoms with Gasteiger partial charge in [-0.2, -0.15) is 0 Å². The molecule has 1 aromatic heterocycles. The van der Waals surface area contributed by atoms with Gasteiger partial charge < -0.3 is 4.84 Å². The quantitative estimate of drug-likeness (QED) is 0.734. The summed E-state index contributed by atoms with van der Waals surface area (Å²) in [6.45, 7) is 2.53. The number of nitrogens with zero attached hydrogens (tertiary/aromatic N) is 2. The molecule has 0 bridgehead atoms. The van der Waals surface area contributed by atoms with E-state index in [4.69, 9.17) is 4.84 Å². The Bertz CT molecular complexity index is 395. The number of benzene rings is 1. The zero-order valence-corrected chi connectivity index (χ0v) is 8.05. The van der Waals surface area contributed by atoms with Crippen LogP contribution >= 0.6 is 0 Å². The molecule has 0 amide bonds. The molecule has 0 unspecified atom stereocenters. The minimum absolute atomic E-state index is 0.544. The van der Waals surface area contributed by atoms with E-state index in [1.54, 1.807) is 6.20 Å². The smallest absolute Gasteiger partial charge is 0.142 e. The Kier molecular flexibility index (Phi) is 2.49. The van der Waals surface area contributed by atoms with Crippen LogP contribution in [0.25, 0.3) is 0 Å². The lowest BCUT2D eigenvalue weighted by Crippen LogP contribution is -2.11. The Labute approximate surface area is 82.9 Å². The van der Waals surface area contributed by atoms with Gasteiger partial charge in [0.2, 0.25) is 0 Å². The van der Waals surface area contributed by atoms with E-state index < -0.39 is 0 Å². The molecule has 0 aliphatic rings. The molecule has 2 aromatic rings. The Morgan fingerprint density at radius 3 is 2.71 bits per heavy atom. The molecule has 0 spiro atoms. The normalized spacial score (nSPS) is 10.1. The van der Waals surface area contributed by atoms with E-state index in [2.05, 4.69) is 5.10 Å². The van der Waals surface area contributed by atoms with Crippen LogP contribution in [0.4, 0.5) is 0 Å². The second kappa shape index (κ2) is 3.96. The summed E-state index contributed by atoms with van der Waals surface area (Å²) in [5, 5.41) is 4.03. The summed E-state index contributed by atoms with van der Waals surface area (Å²) in [6, 6.07) is 10.0. The SMILES string of the molecule is Cc1cnn(OCc2ccccc2)c1. The fourth-order valence-corrected chi connectivity index (χ4v) is 1.17. The van der Waals surface area contributed by atoms with Crippen LogP contribution in [0.5, 0.6) is 0 Å². The van der Waals surface area contributed by atoms with Crippen molar-refractivity contribution in [1.29, 1.82) is 0 Å². The van der Waals surface area contributed by atoms with E-state index in [1.807, 2.05) is 43.5 Å². The van der Waals surface area contributed by atoms with Crippen molar-refractivity contribution in [3.8, 4) is 0 Å². The molecule has 0 N–H and O–H groups in total. The maximum absolute atomic E-state index is 5.42. The highest BCUT2D eigenvalue weighted by Crippen LogP contribution is 1.99. The predicted octanol–water partition coefficient (Wildman–Crippen LogP) is 1.82. The molecule has 0 saturated heterocycles. The standard InChI is InChI=1S/C11H12N2O/c1-10-7-12-13(8-10)14-9-11-5-3-2-4-6-11/h2-8H,9H2,1H3.